The van der Waals surface area contributed by atoms with E-state index in [4.69, 9.17) is 27.9 Å². The molecule has 1 saturated heterocycles. The number of hydrogen-bond acceptors (Lipinski definition) is 4. The van der Waals surface area contributed by atoms with Crippen molar-refractivity contribution in [3.8, 4) is 5.75 Å². The third-order valence-electron chi connectivity index (χ3n) is 8.63. The summed E-state index contributed by atoms with van der Waals surface area (Å²) in [6, 6.07) is 12.7. The number of aliphatic hydroxyl groups is 1. The van der Waals surface area contributed by atoms with Crippen molar-refractivity contribution < 1.29 is 23.9 Å². The number of quaternary nitrogens is 1. The third-order valence-corrected chi connectivity index (χ3v) is 9.37. The molecule has 0 bridgehead atoms. The highest BCUT2D eigenvalue weighted by Gasteiger charge is 2.62. The van der Waals surface area contributed by atoms with E-state index in [9.17, 15) is 14.7 Å². The van der Waals surface area contributed by atoms with Crippen molar-refractivity contribution in [1.29, 1.82) is 0 Å². The first-order chi connectivity index (χ1) is 18.9. The van der Waals surface area contributed by atoms with Crippen LogP contribution in [0, 0.1) is 5.92 Å². The van der Waals surface area contributed by atoms with Crippen molar-refractivity contribution >= 4 is 35.1 Å². The fourth-order valence-electron chi connectivity index (χ4n) is 7.22. The molecule has 4 rings (SSSR count). The van der Waals surface area contributed by atoms with Crippen LogP contribution in [0.15, 0.2) is 55.1 Å². The fraction of sp³-hybridized carbons (Fsp3) is 0.500. The van der Waals surface area contributed by atoms with Gasteiger partial charge in [0, 0.05) is 30.7 Å². The molecule has 1 aliphatic heterocycles. The van der Waals surface area contributed by atoms with Crippen LogP contribution in [0.3, 0.4) is 0 Å². The molecule has 1 aliphatic carbocycles. The quantitative estimate of drug-likeness (QED) is 0.167. The molecule has 1 amide bonds. The molecule has 2 aliphatic rings. The lowest BCUT2D eigenvalue weighted by Gasteiger charge is -2.60. The van der Waals surface area contributed by atoms with Crippen LogP contribution >= 0.6 is 23.2 Å². The molecule has 4 atom stereocenters. The molecule has 40 heavy (non-hydrogen) atoms. The van der Waals surface area contributed by atoms with Gasteiger partial charge in [-0.3, -0.25) is 9.59 Å². The Morgan fingerprint density at radius 2 is 1.98 bits per heavy atom. The Kier molecular flexibility index (Phi) is 9.35. The van der Waals surface area contributed by atoms with Gasteiger partial charge in [-0.1, -0.05) is 61.8 Å². The number of hydrogen-bond donors (Lipinski definition) is 2. The Labute approximate surface area is 247 Å². The van der Waals surface area contributed by atoms with Crippen LogP contribution < -0.4 is 10.1 Å². The molecule has 1 unspecified atom stereocenters. The van der Waals surface area contributed by atoms with Crippen LogP contribution in [0.25, 0.3) is 0 Å². The Balaban J connectivity index is 1.65. The summed E-state index contributed by atoms with van der Waals surface area (Å²) in [7, 11) is 0. The van der Waals surface area contributed by atoms with Gasteiger partial charge in [0.15, 0.2) is 0 Å². The Morgan fingerprint density at radius 1 is 1.20 bits per heavy atom. The maximum atomic E-state index is 13.1. The maximum Gasteiger partial charge on any atom is 0.308 e. The molecule has 1 saturated carbocycles. The molecule has 0 spiro atoms. The number of ether oxygens (including phenoxy) is 1. The molecular formula is C32H41Cl2N2O4+. The number of nitrogens with zero attached hydrogens (tertiary/aromatic N) is 1. The van der Waals surface area contributed by atoms with E-state index in [0.717, 1.165) is 41.7 Å². The third kappa shape index (κ3) is 6.57. The van der Waals surface area contributed by atoms with Gasteiger partial charge in [-0.25, -0.2) is 0 Å². The minimum atomic E-state index is -0.997. The van der Waals surface area contributed by atoms with Gasteiger partial charge in [0.2, 0.25) is 5.91 Å². The second-order valence-electron chi connectivity index (χ2n) is 12.2. The summed E-state index contributed by atoms with van der Waals surface area (Å²) in [4.78, 5) is 24.8. The number of benzene rings is 2. The highest BCUT2D eigenvalue weighted by atomic mass is 35.5. The normalized spacial score (nSPS) is 28.0. The number of carbonyl (C=O) groups excluding carboxylic acids is 2. The standard InChI is InChI=1S/C32H40Cl2N2O4/c1-5-14-36(20-22(2)3)15-13-31(25-7-6-8-27(18-25)40-23(4)37)19-26(11-12-32(31,39)21-36)35-30(38)17-24-9-10-28(33)29(34)16-24/h5-10,16,18,22,26,39H,1,11-15,17,19-21H2,2-4H3/p+1/t26-,31-,32?,36+/m1/s1. The predicted octanol–water partition coefficient (Wildman–Crippen LogP) is 5.86. The molecular weight excluding hydrogens is 547 g/mol. The Bertz CT molecular complexity index is 1270. The van der Waals surface area contributed by atoms with Gasteiger partial charge in [0.1, 0.15) is 17.9 Å². The average molecular weight is 589 g/mol. The van der Waals surface area contributed by atoms with Crippen molar-refractivity contribution in [2.45, 2.75) is 69.9 Å². The molecule has 1 heterocycles. The molecule has 0 radical (unpaired) electrons. The number of rotatable bonds is 9. The van der Waals surface area contributed by atoms with Gasteiger partial charge < -0.3 is 19.6 Å². The Hall–Kier alpha value is -2.38. The smallest absolute Gasteiger partial charge is 0.308 e. The number of esters is 1. The summed E-state index contributed by atoms with van der Waals surface area (Å²) in [6.45, 7) is 13.1. The minimum Gasteiger partial charge on any atom is -0.427 e. The SMILES string of the molecule is C=CC[N@@+]1(CC(C)C)CC[C@]2(c3cccc(OC(C)=O)c3)C[C@H](NC(=O)Cc3ccc(Cl)c(Cl)c3)CCC2(O)C1. The number of amides is 1. The molecule has 2 aromatic rings. The summed E-state index contributed by atoms with van der Waals surface area (Å²) in [5.74, 6) is 0.459. The zero-order chi connectivity index (χ0) is 29.1. The first-order valence-corrected chi connectivity index (χ1v) is 14.9. The van der Waals surface area contributed by atoms with Crippen LogP contribution in [0.4, 0.5) is 0 Å². The van der Waals surface area contributed by atoms with Crippen molar-refractivity contribution in [3.63, 3.8) is 0 Å². The molecule has 6 nitrogen and oxygen atoms in total. The number of halogens is 2. The van der Waals surface area contributed by atoms with E-state index in [-0.39, 0.29) is 24.3 Å². The fourth-order valence-corrected chi connectivity index (χ4v) is 7.54. The number of piperidine rings is 1. The van der Waals surface area contributed by atoms with Crippen LogP contribution in [-0.4, -0.2) is 59.3 Å². The average Bonchev–Trinajstić information content (AvgIpc) is 2.86. The predicted molar refractivity (Wildman–Crippen MR) is 160 cm³/mol. The monoisotopic (exact) mass is 587 g/mol. The van der Waals surface area contributed by atoms with Crippen molar-refractivity contribution in [2.24, 2.45) is 5.92 Å². The van der Waals surface area contributed by atoms with Gasteiger partial charge in [-0.15, -0.1) is 0 Å². The van der Waals surface area contributed by atoms with Crippen LogP contribution in [0.5, 0.6) is 5.75 Å². The second kappa shape index (κ2) is 12.2. The van der Waals surface area contributed by atoms with Gasteiger partial charge in [0.05, 0.1) is 36.1 Å². The lowest BCUT2D eigenvalue weighted by Crippen LogP contribution is -2.73. The van der Waals surface area contributed by atoms with Crippen molar-refractivity contribution in [3.05, 3.63) is 76.3 Å². The summed E-state index contributed by atoms with van der Waals surface area (Å²) >= 11 is 12.2. The van der Waals surface area contributed by atoms with Crippen LogP contribution in [-0.2, 0) is 21.4 Å². The van der Waals surface area contributed by atoms with E-state index >= 15 is 0 Å². The lowest BCUT2D eigenvalue weighted by atomic mass is 9.54. The van der Waals surface area contributed by atoms with E-state index in [2.05, 4.69) is 25.7 Å². The van der Waals surface area contributed by atoms with Gasteiger partial charge in [0.25, 0.3) is 0 Å². The van der Waals surface area contributed by atoms with Crippen molar-refractivity contribution in [1.82, 2.24) is 5.32 Å². The number of nitrogens with one attached hydrogen (secondary N) is 1. The first kappa shape index (κ1) is 30.6. The topological polar surface area (TPSA) is 75.6 Å². The van der Waals surface area contributed by atoms with Gasteiger partial charge >= 0.3 is 5.97 Å². The van der Waals surface area contributed by atoms with E-state index in [0.29, 0.717) is 47.5 Å². The number of carbonyl (C=O) groups is 2. The molecule has 2 aromatic carbocycles. The van der Waals surface area contributed by atoms with Crippen LogP contribution in [0.1, 0.15) is 57.6 Å². The molecule has 2 fully saturated rings. The summed E-state index contributed by atoms with van der Waals surface area (Å²) in [6.07, 6.45) is 4.72. The summed E-state index contributed by atoms with van der Waals surface area (Å²) in [5.41, 5.74) is 0.130. The van der Waals surface area contributed by atoms with Gasteiger partial charge in [-0.2, -0.15) is 0 Å². The first-order valence-electron chi connectivity index (χ1n) is 14.1. The van der Waals surface area contributed by atoms with Gasteiger partial charge in [-0.05, 0) is 60.7 Å². The highest BCUT2D eigenvalue weighted by Crippen LogP contribution is 2.53. The molecule has 8 heteroatoms. The van der Waals surface area contributed by atoms with Crippen LogP contribution in [0.2, 0.25) is 10.0 Å². The van der Waals surface area contributed by atoms with E-state index < -0.39 is 11.0 Å². The highest BCUT2D eigenvalue weighted by molar-refractivity contribution is 6.42. The summed E-state index contributed by atoms with van der Waals surface area (Å²) < 4.78 is 6.22. The number of likely N-dealkylation sites (tertiary alicyclic amines) is 1. The molecule has 2 N–H and O–H groups in total. The lowest BCUT2D eigenvalue weighted by molar-refractivity contribution is -0.938. The minimum absolute atomic E-state index is 0.0926. The molecule has 216 valence electrons. The van der Waals surface area contributed by atoms with E-state index in [1.54, 1.807) is 18.2 Å². The maximum absolute atomic E-state index is 13.1. The zero-order valence-corrected chi connectivity index (χ0v) is 25.2. The number of fused-ring (bicyclic) bond motifs is 1. The Morgan fingerprint density at radius 3 is 2.65 bits per heavy atom. The largest absolute Gasteiger partial charge is 0.427 e. The van der Waals surface area contributed by atoms with E-state index in [1.165, 1.54) is 6.92 Å². The van der Waals surface area contributed by atoms with Crippen molar-refractivity contribution in [2.75, 3.05) is 26.2 Å². The second-order valence-corrected chi connectivity index (χ2v) is 13.0. The zero-order valence-electron chi connectivity index (χ0n) is 23.7. The van der Waals surface area contributed by atoms with E-state index in [1.807, 2.05) is 30.3 Å². The summed E-state index contributed by atoms with van der Waals surface area (Å²) in [5, 5.41) is 16.7. The molecule has 0 aromatic heterocycles.